The molecule has 0 aliphatic carbocycles. The summed E-state index contributed by atoms with van der Waals surface area (Å²) in [5.41, 5.74) is 2.22. The van der Waals surface area contributed by atoms with Gasteiger partial charge in [-0.15, -0.1) is 11.3 Å². The lowest BCUT2D eigenvalue weighted by Crippen LogP contribution is -2.26. The first-order valence-electron chi connectivity index (χ1n) is 5.90. The Morgan fingerprint density at radius 3 is 3.18 bits per heavy atom. The first kappa shape index (κ1) is 10.7. The smallest absolute Gasteiger partial charge is 0.148 e. The van der Waals surface area contributed by atoms with Gasteiger partial charge in [0.05, 0.1) is 11.7 Å². The number of rotatable bonds is 2. The van der Waals surface area contributed by atoms with Crippen LogP contribution in [0.2, 0.25) is 0 Å². The lowest BCUT2D eigenvalue weighted by Gasteiger charge is -2.26. The fourth-order valence-corrected chi connectivity index (χ4v) is 3.03. The highest BCUT2D eigenvalue weighted by Crippen LogP contribution is 2.35. The first-order valence-corrected chi connectivity index (χ1v) is 6.78. The van der Waals surface area contributed by atoms with Crippen molar-refractivity contribution in [1.82, 2.24) is 9.78 Å². The van der Waals surface area contributed by atoms with Crippen molar-refractivity contribution in [3.8, 4) is 0 Å². The minimum Gasteiger partial charge on any atom is -0.378 e. The summed E-state index contributed by atoms with van der Waals surface area (Å²) in [6.07, 6.45) is 0. The Balaban J connectivity index is 1.94. The molecule has 0 saturated heterocycles. The number of hydrogen-bond acceptors (Lipinski definition) is 4. The van der Waals surface area contributed by atoms with Crippen molar-refractivity contribution in [2.45, 2.75) is 26.4 Å². The van der Waals surface area contributed by atoms with Crippen LogP contribution in [-0.2, 0) is 6.54 Å². The number of nitrogens with zero attached hydrogens (tertiary/aromatic N) is 2. The molecule has 1 aliphatic heterocycles. The molecule has 1 unspecified atom stereocenters. The van der Waals surface area contributed by atoms with Crippen LogP contribution < -0.4 is 10.6 Å². The number of aromatic nitrogens is 2. The number of hydrogen-bond donors (Lipinski definition) is 2. The molecule has 0 aromatic carbocycles. The van der Waals surface area contributed by atoms with Gasteiger partial charge in [-0.2, -0.15) is 5.10 Å². The zero-order valence-electron chi connectivity index (χ0n) is 10.0. The van der Waals surface area contributed by atoms with E-state index in [4.69, 9.17) is 0 Å². The number of fused-ring (bicyclic) bond motifs is 1. The zero-order chi connectivity index (χ0) is 11.8. The highest BCUT2D eigenvalue weighted by atomic mass is 32.1. The maximum Gasteiger partial charge on any atom is 0.148 e. The molecule has 1 aliphatic rings. The lowest BCUT2D eigenvalue weighted by molar-refractivity contribution is 0.648. The molecule has 2 aromatic rings. The van der Waals surface area contributed by atoms with E-state index >= 15 is 0 Å². The van der Waals surface area contributed by atoms with Gasteiger partial charge in [-0.1, -0.05) is 6.07 Å². The fraction of sp³-hybridized carbons (Fsp3) is 0.417. The van der Waals surface area contributed by atoms with Gasteiger partial charge in [0.2, 0.25) is 0 Å². The molecule has 2 N–H and O–H groups in total. The van der Waals surface area contributed by atoms with Gasteiger partial charge >= 0.3 is 0 Å². The largest absolute Gasteiger partial charge is 0.378 e. The summed E-state index contributed by atoms with van der Waals surface area (Å²) in [5, 5.41) is 13.7. The predicted molar refractivity (Wildman–Crippen MR) is 71.8 cm³/mol. The van der Waals surface area contributed by atoms with Gasteiger partial charge in [0, 0.05) is 18.0 Å². The van der Waals surface area contributed by atoms with E-state index in [-0.39, 0.29) is 0 Å². The van der Waals surface area contributed by atoms with Gasteiger partial charge < -0.3 is 10.6 Å². The summed E-state index contributed by atoms with van der Waals surface area (Å²) >= 11 is 1.79. The van der Waals surface area contributed by atoms with Crippen LogP contribution in [0.1, 0.15) is 23.5 Å². The van der Waals surface area contributed by atoms with Crippen molar-refractivity contribution in [3.63, 3.8) is 0 Å². The third-order valence-corrected chi connectivity index (χ3v) is 4.09. The van der Waals surface area contributed by atoms with Crippen molar-refractivity contribution in [3.05, 3.63) is 28.1 Å². The number of anilines is 2. The van der Waals surface area contributed by atoms with Gasteiger partial charge in [0.15, 0.2) is 0 Å². The molecule has 0 bridgehead atoms. The molecule has 2 aromatic heterocycles. The van der Waals surface area contributed by atoms with E-state index in [0.717, 1.165) is 30.3 Å². The summed E-state index contributed by atoms with van der Waals surface area (Å²) in [6, 6.07) is 4.62. The minimum atomic E-state index is 0.351. The fourth-order valence-electron chi connectivity index (χ4n) is 2.25. The van der Waals surface area contributed by atoms with Gasteiger partial charge in [0.25, 0.3) is 0 Å². The monoisotopic (exact) mass is 248 g/mol. The molecule has 0 radical (unpaired) electrons. The Labute approximate surface area is 105 Å². The summed E-state index contributed by atoms with van der Waals surface area (Å²) < 4.78 is 2.03. The maximum absolute atomic E-state index is 4.52. The normalized spacial score (nSPS) is 18.4. The number of aryl methyl sites for hydroxylation is 2. The number of nitrogens with one attached hydrogen (secondary N) is 2. The maximum atomic E-state index is 4.52. The second-order valence-corrected chi connectivity index (χ2v) is 5.20. The van der Waals surface area contributed by atoms with Crippen LogP contribution in [0.5, 0.6) is 0 Å². The predicted octanol–water partition coefficient (Wildman–Crippen LogP) is 2.85. The zero-order valence-corrected chi connectivity index (χ0v) is 10.8. The van der Waals surface area contributed by atoms with Crippen LogP contribution in [0.4, 0.5) is 11.5 Å². The van der Waals surface area contributed by atoms with Crippen molar-refractivity contribution < 1.29 is 0 Å². The first-order chi connectivity index (χ1) is 8.29. The average Bonchev–Trinajstić information content (AvgIpc) is 2.97. The molecule has 3 rings (SSSR count). The molecule has 0 fully saturated rings. The summed E-state index contributed by atoms with van der Waals surface area (Å²) in [6.45, 7) is 5.97. The van der Waals surface area contributed by atoms with Crippen LogP contribution in [0, 0.1) is 6.92 Å². The Bertz CT molecular complexity index is 515. The molecule has 0 saturated carbocycles. The van der Waals surface area contributed by atoms with Gasteiger partial charge in [0.1, 0.15) is 11.5 Å². The van der Waals surface area contributed by atoms with Crippen LogP contribution in [0.15, 0.2) is 17.5 Å². The minimum absolute atomic E-state index is 0.351. The third kappa shape index (κ3) is 1.70. The van der Waals surface area contributed by atoms with E-state index in [0.29, 0.717) is 6.04 Å². The van der Waals surface area contributed by atoms with Crippen molar-refractivity contribution in [2.75, 3.05) is 17.2 Å². The van der Waals surface area contributed by atoms with E-state index in [1.54, 1.807) is 11.3 Å². The quantitative estimate of drug-likeness (QED) is 0.858. The van der Waals surface area contributed by atoms with Crippen LogP contribution in [-0.4, -0.2) is 16.3 Å². The van der Waals surface area contributed by atoms with Gasteiger partial charge in [-0.25, -0.2) is 4.68 Å². The Hall–Kier alpha value is -1.49. The Kier molecular flexibility index (Phi) is 2.55. The highest BCUT2D eigenvalue weighted by Gasteiger charge is 2.24. The van der Waals surface area contributed by atoms with Crippen LogP contribution in [0.25, 0.3) is 0 Å². The van der Waals surface area contributed by atoms with Gasteiger partial charge in [-0.05, 0) is 25.3 Å². The molecule has 90 valence electrons. The lowest BCUT2D eigenvalue weighted by atomic mass is 10.2. The second kappa shape index (κ2) is 4.07. The van der Waals surface area contributed by atoms with Crippen molar-refractivity contribution in [2.24, 2.45) is 0 Å². The second-order valence-electron chi connectivity index (χ2n) is 4.22. The Morgan fingerprint density at radius 2 is 2.47 bits per heavy atom. The molecule has 5 heteroatoms. The van der Waals surface area contributed by atoms with Crippen LogP contribution >= 0.6 is 11.3 Å². The number of thiophene rings is 1. The standard InChI is InChI=1S/C12H16N4S/c1-3-16-12-11(8(2)15-16)13-7-9(14-12)10-5-4-6-17-10/h4-6,9,13-14H,3,7H2,1-2H3. The van der Waals surface area contributed by atoms with Crippen molar-refractivity contribution in [1.29, 1.82) is 0 Å². The molecular weight excluding hydrogens is 232 g/mol. The average molecular weight is 248 g/mol. The van der Waals surface area contributed by atoms with E-state index in [2.05, 4.69) is 40.2 Å². The molecule has 1 atom stereocenters. The van der Waals surface area contributed by atoms with Crippen LogP contribution in [0.3, 0.4) is 0 Å². The van der Waals surface area contributed by atoms with Gasteiger partial charge in [-0.3, -0.25) is 0 Å². The molecule has 0 amide bonds. The highest BCUT2D eigenvalue weighted by molar-refractivity contribution is 7.10. The topological polar surface area (TPSA) is 41.9 Å². The molecule has 4 nitrogen and oxygen atoms in total. The molecule has 17 heavy (non-hydrogen) atoms. The van der Waals surface area contributed by atoms with E-state index in [1.165, 1.54) is 4.88 Å². The summed E-state index contributed by atoms with van der Waals surface area (Å²) in [5.74, 6) is 1.12. The van der Waals surface area contributed by atoms with E-state index in [1.807, 2.05) is 11.6 Å². The molecule has 0 spiro atoms. The SMILES string of the molecule is CCn1nc(C)c2c1NC(c1cccs1)CN2. The summed E-state index contributed by atoms with van der Waals surface area (Å²) in [4.78, 5) is 1.37. The van der Waals surface area contributed by atoms with E-state index < -0.39 is 0 Å². The van der Waals surface area contributed by atoms with E-state index in [9.17, 15) is 0 Å². The third-order valence-electron chi connectivity index (χ3n) is 3.11. The summed E-state index contributed by atoms with van der Waals surface area (Å²) in [7, 11) is 0. The Morgan fingerprint density at radius 1 is 1.59 bits per heavy atom. The molecular formula is C12H16N4S. The van der Waals surface area contributed by atoms with Crippen molar-refractivity contribution >= 4 is 22.8 Å². The molecule has 3 heterocycles.